The molecule has 2 aliphatic rings. The number of aliphatic hydroxyl groups excluding tert-OH is 1. The maximum Gasteiger partial charge on any atom is 0.180 e. The van der Waals surface area contributed by atoms with E-state index in [-0.39, 0.29) is 18.3 Å². The number of epoxide rings is 1. The number of ether oxygens (including phenoxy) is 1. The summed E-state index contributed by atoms with van der Waals surface area (Å²) in [5, 5.41) is 9.49. The average molecular weight is 190 g/mol. The molecule has 1 heterocycles. The lowest BCUT2D eigenvalue weighted by Crippen LogP contribution is -2.18. The Balaban J connectivity index is 2.05. The Morgan fingerprint density at radius 3 is 2.57 bits per heavy atom. The zero-order valence-corrected chi connectivity index (χ0v) is 7.51. The molecule has 3 nitrogen and oxygen atoms in total. The van der Waals surface area contributed by atoms with Crippen molar-refractivity contribution in [2.75, 3.05) is 0 Å². The largest absolute Gasteiger partial charge is 0.390 e. The number of hydrogen-bond donors (Lipinski definition) is 1. The van der Waals surface area contributed by atoms with Crippen LogP contribution in [0.2, 0.25) is 0 Å². The monoisotopic (exact) mass is 190 g/mol. The Labute approximate surface area is 81.3 Å². The normalized spacial score (nSPS) is 39.6. The van der Waals surface area contributed by atoms with Crippen molar-refractivity contribution in [3.05, 3.63) is 35.9 Å². The lowest BCUT2D eigenvalue weighted by molar-refractivity contribution is -0.125. The van der Waals surface area contributed by atoms with Crippen molar-refractivity contribution in [3.63, 3.8) is 0 Å². The Bertz CT molecular complexity index is 387. The lowest BCUT2D eigenvalue weighted by Gasteiger charge is -2.06. The van der Waals surface area contributed by atoms with Gasteiger partial charge in [-0.1, -0.05) is 30.3 Å². The van der Waals surface area contributed by atoms with Crippen LogP contribution in [-0.2, 0) is 15.1 Å². The first-order valence-corrected chi connectivity index (χ1v) is 4.70. The highest BCUT2D eigenvalue weighted by Crippen LogP contribution is 2.54. The van der Waals surface area contributed by atoms with Crippen LogP contribution in [0.1, 0.15) is 12.0 Å². The summed E-state index contributed by atoms with van der Waals surface area (Å²) < 4.78 is 5.35. The highest BCUT2D eigenvalue weighted by Gasteiger charge is 2.70. The molecular formula is C11H10O3. The summed E-state index contributed by atoms with van der Waals surface area (Å²) in [6, 6.07) is 9.39. The number of carbonyl (C=O) groups excluding carboxylic acids is 1. The molecule has 14 heavy (non-hydrogen) atoms. The molecule has 1 aromatic carbocycles. The number of ketones is 1. The first-order chi connectivity index (χ1) is 6.75. The number of fused-ring (bicyclic) bond motifs is 1. The highest BCUT2D eigenvalue weighted by molar-refractivity contribution is 5.95. The van der Waals surface area contributed by atoms with E-state index >= 15 is 0 Å². The highest BCUT2D eigenvalue weighted by atomic mass is 16.6. The van der Waals surface area contributed by atoms with E-state index in [1.165, 1.54) is 0 Å². The molecule has 1 aliphatic heterocycles. The molecule has 1 aromatic rings. The fourth-order valence-electron chi connectivity index (χ4n) is 2.27. The van der Waals surface area contributed by atoms with Crippen molar-refractivity contribution in [2.45, 2.75) is 24.2 Å². The first-order valence-electron chi connectivity index (χ1n) is 4.70. The van der Waals surface area contributed by atoms with Crippen LogP contribution >= 0.6 is 0 Å². The van der Waals surface area contributed by atoms with Crippen LogP contribution in [0.15, 0.2) is 30.3 Å². The molecule has 1 aliphatic carbocycles. The van der Waals surface area contributed by atoms with E-state index in [9.17, 15) is 9.90 Å². The minimum atomic E-state index is -0.805. The van der Waals surface area contributed by atoms with Crippen LogP contribution < -0.4 is 0 Å². The Morgan fingerprint density at radius 2 is 2.07 bits per heavy atom. The van der Waals surface area contributed by atoms with E-state index in [0.717, 1.165) is 5.56 Å². The topological polar surface area (TPSA) is 49.8 Å². The van der Waals surface area contributed by atoms with Crippen LogP contribution in [0.4, 0.5) is 0 Å². The summed E-state index contributed by atoms with van der Waals surface area (Å²) in [7, 11) is 0. The second-order valence-corrected chi connectivity index (χ2v) is 3.83. The van der Waals surface area contributed by atoms with Gasteiger partial charge in [0.15, 0.2) is 11.4 Å². The minimum Gasteiger partial charge on any atom is -0.390 e. The summed E-state index contributed by atoms with van der Waals surface area (Å²) in [6.45, 7) is 0. The van der Waals surface area contributed by atoms with Crippen molar-refractivity contribution < 1.29 is 14.6 Å². The van der Waals surface area contributed by atoms with Crippen LogP contribution in [0.3, 0.4) is 0 Å². The second-order valence-electron chi connectivity index (χ2n) is 3.83. The standard InChI is InChI=1S/C11H10O3/c12-8-6-9(13)11(10(8)14-11)7-4-2-1-3-5-7/h1-5,8,10,12H,6H2/t8-,10+,11-/m0/s1. The SMILES string of the molecule is O=C1C[C@H](O)[C@H]2O[C@@]12c1ccccc1. The third-order valence-electron chi connectivity index (χ3n) is 3.02. The number of carbonyl (C=O) groups is 1. The number of rotatable bonds is 1. The summed E-state index contributed by atoms with van der Waals surface area (Å²) in [6.07, 6.45) is -0.709. The van der Waals surface area contributed by atoms with E-state index in [4.69, 9.17) is 4.74 Å². The van der Waals surface area contributed by atoms with E-state index in [2.05, 4.69) is 0 Å². The summed E-state index contributed by atoms with van der Waals surface area (Å²) >= 11 is 0. The molecule has 0 bridgehead atoms. The number of aliphatic hydroxyl groups is 1. The molecular weight excluding hydrogens is 180 g/mol. The lowest BCUT2D eigenvalue weighted by atomic mass is 9.96. The summed E-state index contributed by atoms with van der Waals surface area (Å²) in [4.78, 5) is 11.7. The van der Waals surface area contributed by atoms with Crippen molar-refractivity contribution in [1.29, 1.82) is 0 Å². The fourth-order valence-corrected chi connectivity index (χ4v) is 2.27. The molecule has 0 aromatic heterocycles. The number of hydrogen-bond acceptors (Lipinski definition) is 3. The maximum atomic E-state index is 11.7. The predicted molar refractivity (Wildman–Crippen MR) is 48.6 cm³/mol. The Kier molecular flexibility index (Phi) is 1.42. The van der Waals surface area contributed by atoms with Gasteiger partial charge in [0.2, 0.25) is 0 Å². The van der Waals surface area contributed by atoms with Gasteiger partial charge in [0.05, 0.1) is 6.10 Å². The van der Waals surface area contributed by atoms with E-state index < -0.39 is 11.7 Å². The van der Waals surface area contributed by atoms with E-state index in [1.807, 2.05) is 30.3 Å². The van der Waals surface area contributed by atoms with Gasteiger partial charge in [0.25, 0.3) is 0 Å². The molecule has 2 fully saturated rings. The van der Waals surface area contributed by atoms with Gasteiger partial charge in [-0.3, -0.25) is 4.79 Å². The molecule has 0 amide bonds. The molecule has 1 saturated carbocycles. The quantitative estimate of drug-likeness (QED) is 0.660. The van der Waals surface area contributed by atoms with E-state index in [0.29, 0.717) is 0 Å². The van der Waals surface area contributed by atoms with E-state index in [1.54, 1.807) is 0 Å². The van der Waals surface area contributed by atoms with Gasteiger partial charge in [-0.15, -0.1) is 0 Å². The van der Waals surface area contributed by atoms with Gasteiger partial charge in [-0.2, -0.15) is 0 Å². The molecule has 1 N–H and O–H groups in total. The molecule has 3 rings (SSSR count). The molecule has 3 atom stereocenters. The van der Waals surface area contributed by atoms with Crippen molar-refractivity contribution in [2.24, 2.45) is 0 Å². The third-order valence-corrected chi connectivity index (χ3v) is 3.02. The van der Waals surface area contributed by atoms with Crippen LogP contribution in [0, 0.1) is 0 Å². The van der Waals surface area contributed by atoms with Crippen LogP contribution in [0.5, 0.6) is 0 Å². The van der Waals surface area contributed by atoms with Crippen LogP contribution in [-0.4, -0.2) is 23.1 Å². The number of Topliss-reactive ketones (excluding diaryl/α,β-unsaturated/α-hetero) is 1. The molecule has 1 saturated heterocycles. The smallest absolute Gasteiger partial charge is 0.180 e. The molecule has 0 spiro atoms. The van der Waals surface area contributed by atoms with Crippen LogP contribution in [0.25, 0.3) is 0 Å². The van der Waals surface area contributed by atoms with Crippen molar-refractivity contribution in [1.82, 2.24) is 0 Å². The van der Waals surface area contributed by atoms with Gasteiger partial charge in [-0.05, 0) is 5.56 Å². The molecule has 3 heteroatoms. The maximum absolute atomic E-state index is 11.7. The zero-order chi connectivity index (χ0) is 9.76. The molecule has 72 valence electrons. The van der Waals surface area contributed by atoms with Gasteiger partial charge in [0, 0.05) is 6.42 Å². The first kappa shape index (κ1) is 8.15. The second kappa shape index (κ2) is 2.43. The van der Waals surface area contributed by atoms with Gasteiger partial charge >= 0.3 is 0 Å². The van der Waals surface area contributed by atoms with Crippen molar-refractivity contribution in [3.8, 4) is 0 Å². The summed E-state index contributed by atoms with van der Waals surface area (Å²) in [5.41, 5.74) is 0.0623. The predicted octanol–water partition coefficient (Wildman–Crippen LogP) is 0.614. The zero-order valence-electron chi connectivity index (χ0n) is 7.51. The Morgan fingerprint density at radius 1 is 1.36 bits per heavy atom. The Hall–Kier alpha value is -1.19. The average Bonchev–Trinajstić information content (AvgIpc) is 2.90. The van der Waals surface area contributed by atoms with Gasteiger partial charge in [0.1, 0.15) is 6.10 Å². The van der Waals surface area contributed by atoms with Crippen molar-refractivity contribution >= 4 is 5.78 Å². The minimum absolute atomic E-state index is 0.00111. The third kappa shape index (κ3) is 0.811. The number of benzene rings is 1. The molecule has 0 radical (unpaired) electrons. The summed E-state index contributed by atoms with van der Waals surface area (Å²) in [5.74, 6) is 0.00111. The molecule has 0 unspecified atom stereocenters. The van der Waals surface area contributed by atoms with Gasteiger partial charge < -0.3 is 9.84 Å². The fraction of sp³-hybridized carbons (Fsp3) is 0.364. The van der Waals surface area contributed by atoms with Gasteiger partial charge in [-0.25, -0.2) is 0 Å².